The molecule has 9 nitrogen and oxygen atoms in total. The predicted octanol–water partition coefficient (Wildman–Crippen LogP) is -0.324. The number of anilines is 1. The first kappa shape index (κ1) is 17.4. The van der Waals surface area contributed by atoms with Crippen molar-refractivity contribution in [2.45, 2.75) is 4.90 Å². The van der Waals surface area contributed by atoms with Crippen LogP contribution < -0.4 is 16.0 Å². The second kappa shape index (κ2) is 6.89. The second-order valence-electron chi connectivity index (χ2n) is 3.88. The van der Waals surface area contributed by atoms with E-state index in [1.54, 1.807) is 0 Å². The van der Waals surface area contributed by atoms with Crippen molar-refractivity contribution in [3.8, 4) is 0 Å². The van der Waals surface area contributed by atoms with Gasteiger partial charge in [0, 0.05) is 35.4 Å². The lowest BCUT2D eigenvalue weighted by molar-refractivity contribution is -0.385. The number of nitrogens with one attached hydrogen (secondary N) is 2. The van der Waals surface area contributed by atoms with E-state index in [-0.39, 0.29) is 12.3 Å². The van der Waals surface area contributed by atoms with Crippen LogP contribution in [0.2, 0.25) is 0 Å². The molecule has 1 aromatic rings. The van der Waals surface area contributed by atoms with Gasteiger partial charge in [-0.1, -0.05) is 0 Å². The van der Waals surface area contributed by atoms with Crippen LogP contribution in [0.4, 0.5) is 15.8 Å². The number of hydrogen-bond donors (Lipinski definition) is 3. The van der Waals surface area contributed by atoms with Crippen molar-refractivity contribution in [2.24, 2.45) is 5.84 Å². The molecule has 0 aliphatic carbocycles. The monoisotopic (exact) mass is 340 g/mol. The quantitative estimate of drug-likeness (QED) is 0.350. The molecular formula is C9H13FN4O5S2. The lowest BCUT2D eigenvalue weighted by atomic mass is 10.3. The van der Waals surface area contributed by atoms with Crippen LogP contribution in [0.3, 0.4) is 0 Å². The molecule has 21 heavy (non-hydrogen) atoms. The largest absolute Gasteiger partial charge is 0.323 e. The standard InChI is InChI=1S/C9H13FN4O5S2/c1-20(17)3-2-12-21(18,19)9-7(10)4-6(14(15)16)5-8(9)13-11/h4-5,12-13H,2-3,11H2,1H3. The summed E-state index contributed by atoms with van der Waals surface area (Å²) in [5, 5.41) is 10.6. The Kier molecular flexibility index (Phi) is 5.71. The summed E-state index contributed by atoms with van der Waals surface area (Å²) in [6.45, 7) is -0.175. The van der Waals surface area contributed by atoms with Crippen molar-refractivity contribution in [1.29, 1.82) is 0 Å². The zero-order chi connectivity index (χ0) is 16.2. The van der Waals surface area contributed by atoms with E-state index < -0.39 is 47.8 Å². The van der Waals surface area contributed by atoms with Crippen molar-refractivity contribution >= 4 is 32.2 Å². The van der Waals surface area contributed by atoms with Gasteiger partial charge in [0.2, 0.25) is 10.0 Å². The molecule has 1 unspecified atom stereocenters. The first-order valence-corrected chi connectivity index (χ1v) is 8.64. The topological polar surface area (TPSA) is 144 Å². The number of hydrogen-bond acceptors (Lipinski definition) is 7. The number of rotatable bonds is 7. The van der Waals surface area contributed by atoms with Crippen molar-refractivity contribution < 1.29 is 21.9 Å². The van der Waals surface area contributed by atoms with Gasteiger partial charge < -0.3 is 5.43 Å². The highest BCUT2D eigenvalue weighted by atomic mass is 32.2. The first-order chi connectivity index (χ1) is 9.69. The van der Waals surface area contributed by atoms with E-state index in [0.717, 1.165) is 6.07 Å². The van der Waals surface area contributed by atoms with E-state index in [9.17, 15) is 27.1 Å². The van der Waals surface area contributed by atoms with E-state index in [1.165, 1.54) is 6.26 Å². The van der Waals surface area contributed by atoms with Crippen LogP contribution in [0, 0.1) is 15.9 Å². The highest BCUT2D eigenvalue weighted by Gasteiger charge is 2.26. The fourth-order valence-electron chi connectivity index (χ4n) is 1.46. The average Bonchev–Trinajstić information content (AvgIpc) is 2.36. The first-order valence-electron chi connectivity index (χ1n) is 5.43. The summed E-state index contributed by atoms with van der Waals surface area (Å²) in [6.07, 6.45) is 1.38. The summed E-state index contributed by atoms with van der Waals surface area (Å²) in [6, 6.07) is 1.28. The molecule has 4 N–H and O–H groups in total. The number of nitrogen functional groups attached to an aromatic ring is 1. The van der Waals surface area contributed by atoms with Crippen LogP contribution in [0.25, 0.3) is 0 Å². The van der Waals surface area contributed by atoms with Gasteiger partial charge >= 0.3 is 0 Å². The molecule has 0 heterocycles. The van der Waals surface area contributed by atoms with Crippen LogP contribution in [0.5, 0.6) is 0 Å². The molecule has 1 atom stereocenters. The maximum Gasteiger partial charge on any atom is 0.274 e. The smallest absolute Gasteiger partial charge is 0.274 e. The molecule has 0 radical (unpaired) electrons. The van der Waals surface area contributed by atoms with E-state index in [1.807, 2.05) is 10.1 Å². The summed E-state index contributed by atoms with van der Waals surface area (Å²) in [5.41, 5.74) is 0.817. The van der Waals surface area contributed by atoms with Gasteiger partial charge in [-0.15, -0.1) is 0 Å². The van der Waals surface area contributed by atoms with Crippen LogP contribution in [-0.2, 0) is 20.8 Å². The predicted molar refractivity (Wildman–Crippen MR) is 75.0 cm³/mol. The SMILES string of the molecule is CS(=O)CCNS(=O)(=O)c1c(F)cc([N+](=O)[O-])cc1NN. The molecule has 0 aromatic heterocycles. The van der Waals surface area contributed by atoms with Crippen molar-refractivity contribution in [3.63, 3.8) is 0 Å². The van der Waals surface area contributed by atoms with Crippen molar-refractivity contribution in [3.05, 3.63) is 28.1 Å². The lowest BCUT2D eigenvalue weighted by Gasteiger charge is -2.11. The molecule has 1 rings (SSSR count). The zero-order valence-corrected chi connectivity index (χ0v) is 12.5. The summed E-state index contributed by atoms with van der Waals surface area (Å²) in [7, 11) is -5.53. The number of non-ortho nitro benzene ring substituents is 1. The highest BCUT2D eigenvalue weighted by Crippen LogP contribution is 2.28. The number of nitrogens with zero attached hydrogens (tertiary/aromatic N) is 1. The Labute approximate surface area is 122 Å². The number of nitro benzene ring substituents is 1. The van der Waals surface area contributed by atoms with Gasteiger partial charge in [0.1, 0.15) is 4.90 Å². The van der Waals surface area contributed by atoms with Crippen molar-refractivity contribution in [2.75, 3.05) is 24.0 Å². The minimum Gasteiger partial charge on any atom is -0.323 e. The van der Waals surface area contributed by atoms with Gasteiger partial charge in [-0.2, -0.15) is 0 Å². The maximum absolute atomic E-state index is 13.9. The van der Waals surface area contributed by atoms with Crippen LogP contribution in [0.1, 0.15) is 0 Å². The molecule has 0 bridgehead atoms. The van der Waals surface area contributed by atoms with E-state index in [0.29, 0.717) is 6.07 Å². The minimum absolute atomic E-state index is 0.0409. The normalized spacial score (nSPS) is 12.9. The van der Waals surface area contributed by atoms with Gasteiger partial charge in [0.05, 0.1) is 16.7 Å². The average molecular weight is 340 g/mol. The number of sulfonamides is 1. The number of benzene rings is 1. The highest BCUT2D eigenvalue weighted by molar-refractivity contribution is 7.89. The van der Waals surface area contributed by atoms with Gasteiger partial charge in [-0.05, 0) is 0 Å². The molecule has 12 heteroatoms. The molecule has 0 amide bonds. The summed E-state index contributed by atoms with van der Waals surface area (Å²) >= 11 is 0. The van der Waals surface area contributed by atoms with Gasteiger partial charge in [0.25, 0.3) is 5.69 Å². The molecule has 0 saturated heterocycles. The fourth-order valence-corrected chi connectivity index (χ4v) is 3.21. The van der Waals surface area contributed by atoms with E-state index in [2.05, 4.69) is 0 Å². The lowest BCUT2D eigenvalue weighted by Crippen LogP contribution is -2.29. The molecule has 0 fully saturated rings. The van der Waals surface area contributed by atoms with Gasteiger partial charge in [-0.3, -0.25) is 20.2 Å². The number of hydrazine groups is 1. The minimum atomic E-state index is -4.30. The van der Waals surface area contributed by atoms with Gasteiger partial charge in [-0.25, -0.2) is 17.5 Å². The number of nitrogens with two attached hydrogens (primary N) is 1. The molecular weight excluding hydrogens is 327 g/mol. The number of halogens is 1. The maximum atomic E-state index is 13.9. The van der Waals surface area contributed by atoms with Gasteiger partial charge in [0.15, 0.2) is 5.82 Å². The summed E-state index contributed by atoms with van der Waals surface area (Å²) in [5.74, 6) is 3.81. The Bertz CT molecular complexity index is 679. The van der Waals surface area contributed by atoms with E-state index >= 15 is 0 Å². The summed E-state index contributed by atoms with van der Waals surface area (Å²) < 4.78 is 50.7. The van der Waals surface area contributed by atoms with Crippen molar-refractivity contribution in [1.82, 2.24) is 4.72 Å². The second-order valence-corrected chi connectivity index (χ2v) is 7.14. The Morgan fingerprint density at radius 1 is 1.48 bits per heavy atom. The molecule has 0 aliphatic heterocycles. The third-order valence-corrected chi connectivity index (χ3v) is 4.66. The van der Waals surface area contributed by atoms with E-state index in [4.69, 9.17) is 5.84 Å². The molecule has 118 valence electrons. The summed E-state index contributed by atoms with van der Waals surface area (Å²) in [4.78, 5) is 8.88. The number of nitro groups is 1. The molecule has 0 spiro atoms. The molecule has 1 aromatic carbocycles. The molecule has 0 saturated carbocycles. The third kappa shape index (κ3) is 4.42. The van der Waals surface area contributed by atoms with Crippen LogP contribution >= 0.6 is 0 Å². The Morgan fingerprint density at radius 2 is 2.10 bits per heavy atom. The Hall–Kier alpha value is -1.63. The van der Waals surface area contributed by atoms with Crippen LogP contribution in [-0.4, -0.2) is 36.1 Å². The third-order valence-electron chi connectivity index (χ3n) is 2.35. The fraction of sp³-hybridized carbons (Fsp3) is 0.333. The zero-order valence-electron chi connectivity index (χ0n) is 10.8. The Morgan fingerprint density at radius 3 is 2.57 bits per heavy atom. The molecule has 0 aliphatic rings. The van der Waals surface area contributed by atoms with Crippen LogP contribution in [0.15, 0.2) is 17.0 Å². The Balaban J connectivity index is 3.22.